The third-order valence-corrected chi connectivity index (χ3v) is 7.48. The SMILES string of the molecule is C[C@H](CN1CCCCC1)NP(=O)(c1ccccc1)c1ccccc1. The summed E-state index contributed by atoms with van der Waals surface area (Å²) < 4.78 is 13.9. The summed E-state index contributed by atoms with van der Waals surface area (Å²) in [6.45, 7) is 5.41. The van der Waals surface area contributed by atoms with Crippen LogP contribution in [0.2, 0.25) is 0 Å². The first-order chi connectivity index (χ1) is 11.7. The third-order valence-electron chi connectivity index (χ3n) is 4.62. The van der Waals surface area contributed by atoms with Crippen LogP contribution in [0.3, 0.4) is 0 Å². The van der Waals surface area contributed by atoms with Crippen LogP contribution in [0.15, 0.2) is 60.7 Å². The molecule has 3 rings (SSSR count). The zero-order valence-corrected chi connectivity index (χ0v) is 15.3. The normalized spacial score (nSPS) is 17.5. The van der Waals surface area contributed by atoms with Gasteiger partial charge in [0.05, 0.1) is 0 Å². The summed E-state index contributed by atoms with van der Waals surface area (Å²) in [5, 5.41) is 5.24. The number of hydrogen-bond acceptors (Lipinski definition) is 2. The first-order valence-corrected chi connectivity index (χ1v) is 10.6. The zero-order valence-electron chi connectivity index (χ0n) is 14.4. The van der Waals surface area contributed by atoms with Gasteiger partial charge in [0.15, 0.2) is 0 Å². The van der Waals surface area contributed by atoms with E-state index < -0.39 is 7.29 Å². The van der Waals surface area contributed by atoms with Gasteiger partial charge in [0.2, 0.25) is 7.29 Å². The highest BCUT2D eigenvalue weighted by atomic mass is 31.2. The van der Waals surface area contributed by atoms with Crippen LogP contribution in [0.4, 0.5) is 0 Å². The Morgan fingerprint density at radius 3 is 1.92 bits per heavy atom. The number of rotatable bonds is 6. The summed E-state index contributed by atoms with van der Waals surface area (Å²) >= 11 is 0. The quantitative estimate of drug-likeness (QED) is 0.817. The van der Waals surface area contributed by atoms with Crippen molar-refractivity contribution in [2.75, 3.05) is 19.6 Å². The second-order valence-corrected chi connectivity index (χ2v) is 9.18. The second-order valence-electron chi connectivity index (χ2n) is 6.67. The average Bonchev–Trinajstić information content (AvgIpc) is 2.64. The van der Waals surface area contributed by atoms with Gasteiger partial charge in [0.1, 0.15) is 0 Å². The minimum atomic E-state index is -2.82. The molecule has 1 aliphatic rings. The van der Waals surface area contributed by atoms with E-state index in [4.69, 9.17) is 0 Å². The molecule has 0 bridgehead atoms. The molecular weight excluding hydrogens is 315 g/mol. The number of nitrogens with one attached hydrogen (secondary N) is 1. The van der Waals surface area contributed by atoms with Crippen molar-refractivity contribution in [3.63, 3.8) is 0 Å². The van der Waals surface area contributed by atoms with Crippen LogP contribution in [0, 0.1) is 0 Å². The van der Waals surface area contributed by atoms with E-state index in [1.807, 2.05) is 60.7 Å². The first-order valence-electron chi connectivity index (χ1n) is 8.90. The highest BCUT2D eigenvalue weighted by Gasteiger charge is 2.29. The third kappa shape index (κ3) is 4.16. The smallest absolute Gasteiger partial charge is 0.204 e. The van der Waals surface area contributed by atoms with Gasteiger partial charge in [0, 0.05) is 23.2 Å². The van der Waals surface area contributed by atoms with Gasteiger partial charge in [-0.2, -0.15) is 0 Å². The van der Waals surface area contributed by atoms with Crippen molar-refractivity contribution >= 4 is 17.9 Å². The number of piperidine rings is 1. The number of hydrogen-bond donors (Lipinski definition) is 1. The van der Waals surface area contributed by atoms with Crippen molar-refractivity contribution in [1.29, 1.82) is 0 Å². The molecule has 2 aromatic rings. The fourth-order valence-electron chi connectivity index (χ4n) is 3.45. The van der Waals surface area contributed by atoms with Crippen molar-refractivity contribution in [3.8, 4) is 0 Å². The van der Waals surface area contributed by atoms with Gasteiger partial charge in [-0.3, -0.25) is 9.65 Å². The van der Waals surface area contributed by atoms with E-state index in [1.165, 1.54) is 19.3 Å². The molecule has 1 N–H and O–H groups in total. The number of benzene rings is 2. The van der Waals surface area contributed by atoms with Crippen LogP contribution in [-0.2, 0) is 4.57 Å². The minimum Gasteiger partial charge on any atom is -0.302 e. The topological polar surface area (TPSA) is 32.3 Å². The Labute approximate surface area is 145 Å². The molecule has 3 nitrogen and oxygen atoms in total. The van der Waals surface area contributed by atoms with Crippen LogP contribution in [0.1, 0.15) is 26.2 Å². The summed E-state index contributed by atoms with van der Waals surface area (Å²) in [5.74, 6) is 0. The van der Waals surface area contributed by atoms with E-state index in [-0.39, 0.29) is 6.04 Å². The summed E-state index contributed by atoms with van der Waals surface area (Å²) in [4.78, 5) is 2.49. The van der Waals surface area contributed by atoms with E-state index in [2.05, 4.69) is 16.9 Å². The zero-order chi connectivity index (χ0) is 16.8. The molecule has 24 heavy (non-hydrogen) atoms. The van der Waals surface area contributed by atoms with Gasteiger partial charge in [-0.05, 0) is 57.1 Å². The molecule has 0 spiro atoms. The van der Waals surface area contributed by atoms with Crippen LogP contribution >= 0.6 is 7.29 Å². The Bertz CT molecular complexity index is 625. The van der Waals surface area contributed by atoms with E-state index in [9.17, 15) is 4.57 Å². The molecule has 2 aromatic carbocycles. The van der Waals surface area contributed by atoms with Gasteiger partial charge in [-0.25, -0.2) is 0 Å². The van der Waals surface area contributed by atoms with Crippen molar-refractivity contribution in [1.82, 2.24) is 9.99 Å². The van der Waals surface area contributed by atoms with Crippen LogP contribution < -0.4 is 15.7 Å². The molecule has 0 aliphatic carbocycles. The molecule has 1 atom stereocenters. The van der Waals surface area contributed by atoms with E-state index in [0.29, 0.717) is 0 Å². The van der Waals surface area contributed by atoms with E-state index >= 15 is 0 Å². The molecule has 0 aromatic heterocycles. The van der Waals surface area contributed by atoms with Crippen LogP contribution in [-0.4, -0.2) is 30.6 Å². The molecule has 0 amide bonds. The lowest BCUT2D eigenvalue weighted by molar-refractivity contribution is 0.216. The molecule has 1 heterocycles. The van der Waals surface area contributed by atoms with Crippen LogP contribution in [0.25, 0.3) is 0 Å². The summed E-state index contributed by atoms with van der Waals surface area (Å²) in [7, 11) is -2.82. The Balaban J connectivity index is 1.81. The number of likely N-dealkylation sites (tertiary alicyclic amines) is 1. The predicted octanol–water partition coefficient (Wildman–Crippen LogP) is 3.38. The Morgan fingerprint density at radius 2 is 1.42 bits per heavy atom. The minimum absolute atomic E-state index is 0.175. The molecule has 0 unspecified atom stereocenters. The number of nitrogens with zero attached hydrogens (tertiary/aromatic N) is 1. The fourth-order valence-corrected chi connectivity index (χ4v) is 5.94. The molecule has 128 valence electrons. The van der Waals surface area contributed by atoms with Gasteiger partial charge in [-0.1, -0.05) is 42.8 Å². The summed E-state index contributed by atoms with van der Waals surface area (Å²) in [6.07, 6.45) is 3.90. The molecule has 0 saturated carbocycles. The molecule has 1 fully saturated rings. The van der Waals surface area contributed by atoms with E-state index in [0.717, 1.165) is 30.2 Å². The highest BCUT2D eigenvalue weighted by Crippen LogP contribution is 2.39. The summed E-state index contributed by atoms with van der Waals surface area (Å²) in [6, 6.07) is 19.8. The molecule has 4 heteroatoms. The maximum atomic E-state index is 13.9. The Hall–Kier alpha value is -1.41. The van der Waals surface area contributed by atoms with Crippen molar-refractivity contribution in [2.45, 2.75) is 32.2 Å². The largest absolute Gasteiger partial charge is 0.302 e. The Kier molecular flexibility index (Phi) is 5.89. The maximum Gasteiger partial charge on any atom is 0.204 e. The molecule has 1 aliphatic heterocycles. The average molecular weight is 342 g/mol. The monoisotopic (exact) mass is 342 g/mol. The fraction of sp³-hybridized carbons (Fsp3) is 0.400. The molecule has 1 saturated heterocycles. The summed E-state index contributed by atoms with van der Waals surface area (Å²) in [5.41, 5.74) is 0. The van der Waals surface area contributed by atoms with Gasteiger partial charge in [0.25, 0.3) is 0 Å². The Morgan fingerprint density at radius 1 is 0.917 bits per heavy atom. The van der Waals surface area contributed by atoms with Gasteiger partial charge >= 0.3 is 0 Å². The standard InChI is InChI=1S/C20H27N2OP/c1-18(17-22-15-9-4-10-16-22)21-24(23,19-11-5-2-6-12-19)20-13-7-3-8-14-20/h2-3,5-8,11-14,18H,4,9-10,15-17H2,1H3,(H,21,23)/t18-/m1/s1. The predicted molar refractivity (Wildman–Crippen MR) is 103 cm³/mol. The highest BCUT2D eigenvalue weighted by molar-refractivity contribution is 7.76. The van der Waals surface area contributed by atoms with Gasteiger partial charge < -0.3 is 4.90 Å². The lowest BCUT2D eigenvalue weighted by Crippen LogP contribution is -2.43. The van der Waals surface area contributed by atoms with Crippen LogP contribution in [0.5, 0.6) is 0 Å². The van der Waals surface area contributed by atoms with Crippen molar-refractivity contribution < 1.29 is 4.57 Å². The first kappa shape index (κ1) is 17.4. The molecule has 0 radical (unpaired) electrons. The van der Waals surface area contributed by atoms with Crippen molar-refractivity contribution in [2.24, 2.45) is 0 Å². The molecular formula is C20H27N2OP. The van der Waals surface area contributed by atoms with Crippen molar-refractivity contribution in [3.05, 3.63) is 60.7 Å². The maximum absolute atomic E-state index is 13.9. The van der Waals surface area contributed by atoms with Gasteiger partial charge in [-0.15, -0.1) is 0 Å². The second kappa shape index (κ2) is 8.11. The lowest BCUT2D eigenvalue weighted by Gasteiger charge is -2.31. The lowest BCUT2D eigenvalue weighted by atomic mass is 10.1. The van der Waals surface area contributed by atoms with E-state index in [1.54, 1.807) is 0 Å².